The average molecular weight is 929 g/mol. The molecule has 0 saturated heterocycles. The summed E-state index contributed by atoms with van der Waals surface area (Å²) in [6.45, 7) is 17.9. The number of sulfonamides is 1. The summed E-state index contributed by atoms with van der Waals surface area (Å²) in [6.07, 6.45) is 2.22. The summed E-state index contributed by atoms with van der Waals surface area (Å²) >= 11 is 0.421. The Morgan fingerprint density at radius 1 is 0.606 bits per heavy atom. The minimum absolute atomic E-state index is 0.135. The van der Waals surface area contributed by atoms with Crippen molar-refractivity contribution < 1.29 is 21.6 Å². The lowest BCUT2D eigenvalue weighted by Crippen LogP contribution is -2.32. The summed E-state index contributed by atoms with van der Waals surface area (Å²) in [4.78, 5) is 0.310. The van der Waals surface area contributed by atoms with Gasteiger partial charge < -0.3 is 16.0 Å². The third kappa shape index (κ3) is 11.1. The van der Waals surface area contributed by atoms with E-state index >= 15 is 0 Å². The molecule has 0 radical (unpaired) electrons. The molecule has 0 saturated carbocycles. The van der Waals surface area contributed by atoms with Crippen LogP contribution >= 0.6 is 11.9 Å². The zero-order valence-electron chi connectivity index (χ0n) is 38.8. The first-order chi connectivity index (χ1) is 31.3. The summed E-state index contributed by atoms with van der Waals surface area (Å²) in [5.74, 6) is 0.111. The van der Waals surface area contributed by atoms with Crippen LogP contribution in [0.2, 0.25) is 0 Å². The number of hydrogen-bond donors (Lipinski definition) is 4. The molecule has 7 aromatic carbocycles. The monoisotopic (exact) mass is 928 g/mol. The molecule has 344 valence electrons. The van der Waals surface area contributed by atoms with E-state index in [0.717, 1.165) is 96.6 Å². The maximum atomic E-state index is 13.5. The molecule has 0 aliphatic rings. The van der Waals surface area contributed by atoms with Crippen molar-refractivity contribution in [2.75, 3.05) is 16.0 Å². The van der Waals surface area contributed by atoms with Gasteiger partial charge in [0.05, 0.1) is 0 Å². The van der Waals surface area contributed by atoms with Crippen molar-refractivity contribution in [1.82, 2.24) is 4.13 Å². The summed E-state index contributed by atoms with van der Waals surface area (Å²) in [7, 11) is -5.61. The lowest BCUT2D eigenvalue weighted by atomic mass is 9.74. The molecule has 66 heavy (non-hydrogen) atoms. The highest BCUT2D eigenvalue weighted by molar-refractivity contribution is 8.09. The number of halogens is 3. The fourth-order valence-corrected chi connectivity index (χ4v) is 10.3. The molecule has 1 unspecified atom stereocenters. The molecule has 0 aromatic heterocycles. The Labute approximate surface area is 393 Å². The van der Waals surface area contributed by atoms with Gasteiger partial charge in [-0.05, 0) is 155 Å². The standard InChI is InChI=1S/C55H59F3N4O2S2/c1-9-12-49(54(6,7)8)40-19-17-39(18-20-40)34-59-50-32-31-47(48-33-45(29-30-46(48)50)65-62-66(63,64)55(56,57)58)51(41-21-25-43(26-22-41)60-52-35(2)13-10-14-36(52)3)42-23-27-44(28-24-42)61-53-37(4)15-11-16-38(53)5/h10-11,13-33,49,51,59-62H,9,12,34H2,1-8H3. The zero-order chi connectivity index (χ0) is 47.4. The number of para-hydroxylation sites is 2. The minimum atomic E-state index is -5.61. The largest absolute Gasteiger partial charge is 0.512 e. The van der Waals surface area contributed by atoms with E-state index in [4.69, 9.17) is 0 Å². The molecular formula is C55H59F3N4O2S2. The number of aryl methyl sites for hydroxylation is 4. The normalized spacial score (nSPS) is 12.7. The SMILES string of the molecule is CCCC(c1ccc(CNc2ccc(C(c3ccc(Nc4c(C)cccc4C)cc3)c3ccc(Nc4c(C)cccc4C)cc3)c3cc(SNS(=O)(=O)C(F)(F)F)ccc23)cc1)C(C)(C)C. The number of rotatable bonds is 16. The molecule has 4 N–H and O–H groups in total. The van der Waals surface area contributed by atoms with Gasteiger partial charge >= 0.3 is 15.5 Å². The van der Waals surface area contributed by atoms with Crippen molar-refractivity contribution >= 4 is 61.2 Å². The summed E-state index contributed by atoms with van der Waals surface area (Å²) < 4.78 is 66.3. The lowest BCUT2D eigenvalue weighted by Gasteiger charge is -2.31. The Kier molecular flexibility index (Phi) is 14.6. The molecule has 0 spiro atoms. The van der Waals surface area contributed by atoms with Crippen LogP contribution in [0.5, 0.6) is 0 Å². The molecule has 0 heterocycles. The number of alkyl halides is 3. The van der Waals surface area contributed by atoms with Crippen molar-refractivity contribution in [3.8, 4) is 0 Å². The molecular weight excluding hydrogens is 870 g/mol. The van der Waals surface area contributed by atoms with Crippen molar-refractivity contribution in [2.24, 2.45) is 5.41 Å². The van der Waals surface area contributed by atoms with E-state index in [1.54, 1.807) is 16.3 Å². The van der Waals surface area contributed by atoms with E-state index in [9.17, 15) is 21.6 Å². The number of nitrogens with one attached hydrogen (secondary N) is 4. The van der Waals surface area contributed by atoms with Crippen LogP contribution in [0.15, 0.2) is 144 Å². The fourth-order valence-electron chi connectivity index (χ4n) is 8.80. The Balaban J connectivity index is 1.31. The van der Waals surface area contributed by atoms with E-state index < -0.39 is 15.5 Å². The minimum Gasteiger partial charge on any atom is -0.380 e. The highest BCUT2D eigenvalue weighted by Crippen LogP contribution is 2.42. The first kappa shape index (κ1) is 48.2. The molecule has 1 atom stereocenters. The van der Waals surface area contributed by atoms with Crippen LogP contribution in [0, 0.1) is 33.1 Å². The van der Waals surface area contributed by atoms with Gasteiger partial charge in [-0.25, -0.2) is 8.42 Å². The molecule has 6 nitrogen and oxygen atoms in total. The van der Waals surface area contributed by atoms with E-state index in [2.05, 4.69) is 181 Å². The van der Waals surface area contributed by atoms with Gasteiger partial charge in [0.15, 0.2) is 0 Å². The van der Waals surface area contributed by atoms with Crippen LogP contribution in [0.3, 0.4) is 0 Å². The maximum Gasteiger partial charge on any atom is 0.512 e. The molecule has 7 aromatic rings. The van der Waals surface area contributed by atoms with Gasteiger partial charge in [-0.1, -0.05) is 131 Å². The van der Waals surface area contributed by atoms with Crippen molar-refractivity contribution in [1.29, 1.82) is 0 Å². The third-order valence-electron chi connectivity index (χ3n) is 12.4. The molecule has 0 aliphatic carbocycles. The summed E-state index contributed by atoms with van der Waals surface area (Å²) in [5, 5.41) is 12.5. The van der Waals surface area contributed by atoms with Crippen molar-refractivity contribution in [3.05, 3.63) is 190 Å². The second kappa shape index (κ2) is 20.0. The molecule has 0 fully saturated rings. The molecule has 0 aliphatic heterocycles. The van der Waals surface area contributed by atoms with E-state index in [1.807, 2.05) is 18.2 Å². The topological polar surface area (TPSA) is 82.3 Å². The number of anilines is 5. The second-order valence-corrected chi connectivity index (χ2v) is 21.1. The van der Waals surface area contributed by atoms with Gasteiger partial charge in [0.1, 0.15) is 0 Å². The highest BCUT2D eigenvalue weighted by Gasteiger charge is 2.46. The van der Waals surface area contributed by atoms with Crippen LogP contribution in [0.1, 0.15) is 102 Å². The van der Waals surface area contributed by atoms with Gasteiger partial charge in [-0.15, -0.1) is 4.13 Å². The van der Waals surface area contributed by atoms with Crippen molar-refractivity contribution in [2.45, 2.75) is 97.0 Å². The van der Waals surface area contributed by atoms with Gasteiger partial charge in [-0.3, -0.25) is 0 Å². The maximum absolute atomic E-state index is 13.5. The average Bonchev–Trinajstić information content (AvgIpc) is 3.27. The van der Waals surface area contributed by atoms with Crippen LogP contribution in [-0.2, 0) is 16.6 Å². The van der Waals surface area contributed by atoms with Gasteiger partial charge in [0.25, 0.3) is 0 Å². The molecule has 0 amide bonds. The van der Waals surface area contributed by atoms with Crippen LogP contribution < -0.4 is 20.1 Å². The van der Waals surface area contributed by atoms with Gasteiger partial charge in [0, 0.05) is 51.2 Å². The Morgan fingerprint density at radius 3 is 1.58 bits per heavy atom. The lowest BCUT2D eigenvalue weighted by molar-refractivity contribution is -0.0440. The summed E-state index contributed by atoms with van der Waals surface area (Å²) in [5.41, 5.74) is 9.33. The van der Waals surface area contributed by atoms with E-state index in [1.165, 1.54) is 5.56 Å². The number of fused-ring (bicyclic) bond motifs is 1. The van der Waals surface area contributed by atoms with Gasteiger partial charge in [0.2, 0.25) is 0 Å². The Bertz CT molecular complexity index is 2770. The molecule has 11 heteroatoms. The number of hydrogen-bond acceptors (Lipinski definition) is 6. The first-order valence-corrected chi connectivity index (χ1v) is 24.6. The highest BCUT2D eigenvalue weighted by atomic mass is 32.3. The van der Waals surface area contributed by atoms with E-state index in [-0.39, 0.29) is 11.3 Å². The third-order valence-corrected chi connectivity index (χ3v) is 14.7. The Morgan fingerprint density at radius 2 is 1.11 bits per heavy atom. The van der Waals surface area contributed by atoms with Crippen molar-refractivity contribution in [3.63, 3.8) is 0 Å². The zero-order valence-corrected chi connectivity index (χ0v) is 40.5. The predicted molar refractivity (Wildman–Crippen MR) is 271 cm³/mol. The number of benzene rings is 7. The Hall–Kier alpha value is -5.75. The summed E-state index contributed by atoms with van der Waals surface area (Å²) in [6, 6.07) is 47.2. The van der Waals surface area contributed by atoms with Gasteiger partial charge in [-0.2, -0.15) is 13.2 Å². The van der Waals surface area contributed by atoms with E-state index in [0.29, 0.717) is 29.3 Å². The van der Waals surface area contributed by atoms with Crippen LogP contribution in [0.4, 0.5) is 41.6 Å². The quantitative estimate of drug-likeness (QED) is 0.0571. The van der Waals surface area contributed by atoms with Crippen LogP contribution in [0.25, 0.3) is 10.8 Å². The second-order valence-electron chi connectivity index (χ2n) is 18.3. The van der Waals surface area contributed by atoms with Crippen LogP contribution in [-0.4, -0.2) is 13.9 Å². The molecule has 0 bridgehead atoms. The molecule has 7 rings (SSSR count). The predicted octanol–water partition coefficient (Wildman–Crippen LogP) is 15.7. The fraction of sp³-hybridized carbons (Fsp3) is 0.273. The first-order valence-electron chi connectivity index (χ1n) is 22.3. The smallest absolute Gasteiger partial charge is 0.380 e.